The van der Waals surface area contributed by atoms with Gasteiger partial charge in [0.05, 0.1) is 0 Å². The van der Waals surface area contributed by atoms with Crippen molar-refractivity contribution < 1.29 is 0 Å². The van der Waals surface area contributed by atoms with E-state index in [0.717, 1.165) is 19.1 Å². The van der Waals surface area contributed by atoms with Crippen molar-refractivity contribution in [2.75, 3.05) is 19.6 Å². The first-order chi connectivity index (χ1) is 3.80. The molecule has 1 atom stereocenters. The zero-order valence-electron chi connectivity index (χ0n) is 5.65. The topological polar surface area (TPSA) is 15.3 Å². The van der Waals surface area contributed by atoms with Crippen molar-refractivity contribution in [1.29, 1.82) is 0 Å². The van der Waals surface area contributed by atoms with Crippen molar-refractivity contribution in [2.24, 2.45) is 0 Å². The number of nitrogens with zero attached hydrogens (tertiary/aromatic N) is 1. The molecule has 1 fully saturated rings. The van der Waals surface area contributed by atoms with Crippen LogP contribution in [0.25, 0.3) is 0 Å². The minimum atomic E-state index is 0.726. The van der Waals surface area contributed by atoms with Gasteiger partial charge in [0.2, 0.25) is 0 Å². The Balaban J connectivity index is 2.28. The van der Waals surface area contributed by atoms with Crippen molar-refractivity contribution in [2.45, 2.75) is 13.0 Å². The summed E-state index contributed by atoms with van der Waals surface area (Å²) in [6.45, 7) is 5.74. The maximum absolute atomic E-state index is 3.32. The summed E-state index contributed by atoms with van der Waals surface area (Å²) < 4.78 is 0. The molecular weight excluding hydrogens is 98.9 g/mol. The lowest BCUT2D eigenvalue weighted by atomic mass is 10.1. The van der Waals surface area contributed by atoms with E-state index in [9.17, 15) is 0 Å². The van der Waals surface area contributed by atoms with Gasteiger partial charge in [0.25, 0.3) is 0 Å². The highest BCUT2D eigenvalue weighted by atomic mass is 15.1. The number of hydrogen-bond acceptors (Lipinski definition) is 2. The minimum Gasteiger partial charge on any atom is -0.344 e. The molecule has 1 N–H and O–H groups in total. The summed E-state index contributed by atoms with van der Waals surface area (Å²) in [6, 6.07) is 0.726. The van der Waals surface area contributed by atoms with E-state index in [-0.39, 0.29) is 0 Å². The molecule has 0 aromatic carbocycles. The summed E-state index contributed by atoms with van der Waals surface area (Å²) in [5.41, 5.74) is 0. The van der Waals surface area contributed by atoms with Crippen LogP contribution in [0.3, 0.4) is 0 Å². The largest absolute Gasteiger partial charge is 0.344 e. The normalized spacial score (nSPS) is 32.9. The van der Waals surface area contributed by atoms with Crippen LogP contribution in [0.2, 0.25) is 0 Å². The van der Waals surface area contributed by atoms with Gasteiger partial charge in [-0.25, -0.2) is 0 Å². The third-order valence-electron chi connectivity index (χ3n) is 1.83. The second-order valence-electron chi connectivity index (χ2n) is 2.53. The zero-order chi connectivity index (χ0) is 5.98. The molecule has 0 bridgehead atoms. The highest BCUT2D eigenvalue weighted by Gasteiger charge is 2.11. The van der Waals surface area contributed by atoms with Crippen LogP contribution < -0.4 is 5.32 Å². The Bertz CT molecular complexity index is 66.8. The Hall–Kier alpha value is -0.0151. The molecule has 3 heteroatoms. The predicted molar refractivity (Wildman–Crippen MR) is 37.6 cm³/mol. The first kappa shape index (κ1) is 6.11. The average Bonchev–Trinajstić information content (AvgIpc) is 1.77. The molecule has 46 valence electrons. The Morgan fingerprint density at radius 1 is 1.75 bits per heavy atom. The summed E-state index contributed by atoms with van der Waals surface area (Å²) in [6.07, 6.45) is 0. The van der Waals surface area contributed by atoms with E-state index in [1.165, 1.54) is 6.54 Å². The second kappa shape index (κ2) is 2.51. The summed E-state index contributed by atoms with van der Waals surface area (Å²) in [4.78, 5) is 2.37. The van der Waals surface area contributed by atoms with Crippen molar-refractivity contribution in [1.82, 2.24) is 10.1 Å². The maximum Gasteiger partial charge on any atom is 0.185 e. The van der Waals surface area contributed by atoms with Crippen LogP contribution in [0.1, 0.15) is 6.92 Å². The smallest absolute Gasteiger partial charge is 0.185 e. The fraction of sp³-hybridized carbons (Fsp3) is 1.00. The standard InChI is InChI=1S/C5H13BN2/c1-5-4-7-2-3-8(5)6/h5,7H,2-4,6H2,1H3/t5-/m0/s1. The first-order valence-corrected chi connectivity index (χ1v) is 3.21. The van der Waals surface area contributed by atoms with Crippen LogP contribution >= 0.6 is 0 Å². The molecule has 0 radical (unpaired) electrons. The molecule has 2 nitrogen and oxygen atoms in total. The van der Waals surface area contributed by atoms with Crippen molar-refractivity contribution in [3.8, 4) is 0 Å². The van der Waals surface area contributed by atoms with Gasteiger partial charge in [-0.1, -0.05) is 0 Å². The number of piperazine rings is 1. The lowest BCUT2D eigenvalue weighted by Gasteiger charge is -2.30. The Labute approximate surface area is 51.7 Å². The van der Waals surface area contributed by atoms with Gasteiger partial charge in [-0.05, 0) is 13.5 Å². The molecule has 1 saturated heterocycles. The number of rotatable bonds is 0. The van der Waals surface area contributed by atoms with Crippen LogP contribution in [0.15, 0.2) is 0 Å². The van der Waals surface area contributed by atoms with Gasteiger partial charge in [0.15, 0.2) is 7.98 Å². The predicted octanol–water partition coefficient (Wildman–Crippen LogP) is -1.17. The lowest BCUT2D eigenvalue weighted by molar-refractivity contribution is 0.297. The Kier molecular flexibility index (Phi) is 1.92. The number of hydrogen-bond donors (Lipinski definition) is 1. The third-order valence-corrected chi connectivity index (χ3v) is 1.83. The summed E-state index contributed by atoms with van der Waals surface area (Å²) >= 11 is 0. The highest BCUT2D eigenvalue weighted by molar-refractivity contribution is 6.04. The van der Waals surface area contributed by atoms with E-state index < -0.39 is 0 Å². The molecule has 0 aromatic heterocycles. The summed E-state index contributed by atoms with van der Waals surface area (Å²) in [5.74, 6) is 0. The van der Waals surface area contributed by atoms with Gasteiger partial charge >= 0.3 is 0 Å². The molecule has 1 heterocycles. The lowest BCUT2D eigenvalue weighted by Crippen LogP contribution is -2.48. The average molecular weight is 112 g/mol. The van der Waals surface area contributed by atoms with Crippen LogP contribution in [0.5, 0.6) is 0 Å². The van der Waals surface area contributed by atoms with Gasteiger partial charge in [-0.2, -0.15) is 0 Å². The van der Waals surface area contributed by atoms with Gasteiger partial charge < -0.3 is 10.1 Å². The van der Waals surface area contributed by atoms with E-state index in [0.29, 0.717) is 0 Å². The fourth-order valence-electron chi connectivity index (χ4n) is 0.943. The van der Waals surface area contributed by atoms with Gasteiger partial charge in [-0.3, -0.25) is 0 Å². The van der Waals surface area contributed by atoms with Crippen LogP contribution in [0, 0.1) is 0 Å². The Morgan fingerprint density at radius 3 is 2.88 bits per heavy atom. The molecule has 0 aliphatic carbocycles. The third kappa shape index (κ3) is 1.23. The SMILES string of the molecule is BN1CCNC[C@@H]1C. The maximum atomic E-state index is 3.32. The molecule has 1 aliphatic heterocycles. The molecule has 0 saturated carbocycles. The zero-order valence-corrected chi connectivity index (χ0v) is 5.65. The molecule has 0 amide bonds. The molecule has 0 unspecified atom stereocenters. The molecule has 1 rings (SSSR count). The van der Waals surface area contributed by atoms with E-state index >= 15 is 0 Å². The van der Waals surface area contributed by atoms with Crippen molar-refractivity contribution in [3.63, 3.8) is 0 Å². The molecule has 0 aromatic rings. The van der Waals surface area contributed by atoms with E-state index in [1.54, 1.807) is 0 Å². The molecule has 1 aliphatic rings. The highest BCUT2D eigenvalue weighted by Crippen LogP contribution is 1.95. The summed E-state index contributed by atoms with van der Waals surface area (Å²) in [7, 11) is 2.17. The van der Waals surface area contributed by atoms with Crippen LogP contribution in [-0.4, -0.2) is 38.5 Å². The first-order valence-electron chi connectivity index (χ1n) is 3.21. The van der Waals surface area contributed by atoms with E-state index in [1.807, 2.05) is 0 Å². The number of nitrogens with one attached hydrogen (secondary N) is 1. The van der Waals surface area contributed by atoms with Crippen LogP contribution in [-0.2, 0) is 0 Å². The quantitative estimate of drug-likeness (QED) is 0.397. The van der Waals surface area contributed by atoms with Crippen molar-refractivity contribution >= 4 is 7.98 Å². The molecule has 8 heavy (non-hydrogen) atoms. The molecule has 0 spiro atoms. The summed E-state index contributed by atoms with van der Waals surface area (Å²) in [5, 5.41) is 3.32. The minimum absolute atomic E-state index is 0.726. The molecular formula is C5H13BN2. The monoisotopic (exact) mass is 112 g/mol. The Morgan fingerprint density at radius 2 is 2.50 bits per heavy atom. The van der Waals surface area contributed by atoms with E-state index in [4.69, 9.17) is 0 Å². The van der Waals surface area contributed by atoms with Gasteiger partial charge in [-0.15, -0.1) is 0 Å². The van der Waals surface area contributed by atoms with E-state index in [2.05, 4.69) is 25.0 Å². The van der Waals surface area contributed by atoms with Gasteiger partial charge in [0, 0.05) is 19.1 Å². The fourth-order valence-corrected chi connectivity index (χ4v) is 0.943. The van der Waals surface area contributed by atoms with Gasteiger partial charge in [0.1, 0.15) is 0 Å². The van der Waals surface area contributed by atoms with Crippen molar-refractivity contribution in [3.05, 3.63) is 0 Å². The van der Waals surface area contributed by atoms with Crippen LogP contribution in [0.4, 0.5) is 0 Å². The second-order valence-corrected chi connectivity index (χ2v) is 2.53.